The van der Waals surface area contributed by atoms with E-state index < -0.39 is 47.6 Å². The van der Waals surface area contributed by atoms with Crippen LogP contribution in [0.25, 0.3) is 0 Å². The second kappa shape index (κ2) is 9.58. The number of aliphatic hydroxyl groups excluding tert-OH is 2. The molecule has 9 N–H and O–H groups in total. The number of fused-ring (bicyclic) bond motifs is 2. The second-order valence-corrected chi connectivity index (χ2v) is 10.2. The van der Waals surface area contributed by atoms with Crippen LogP contribution in [-0.2, 0) is 6.42 Å². The third kappa shape index (κ3) is 4.31. The molecule has 11 nitrogen and oxygen atoms in total. The Balaban J connectivity index is 1.53. The molecule has 0 fully saturated rings. The molecular formula is C30H26O11. The average Bonchev–Trinajstić information content (AvgIpc) is 2.93. The van der Waals surface area contributed by atoms with Gasteiger partial charge in [-0.05, 0) is 41.5 Å². The number of hydrogen-bond acceptors (Lipinski definition) is 11. The number of aliphatic hydroxyl groups is 2. The van der Waals surface area contributed by atoms with Crippen molar-refractivity contribution in [3.05, 3.63) is 88.5 Å². The van der Waals surface area contributed by atoms with E-state index in [1.54, 1.807) is 0 Å². The molecule has 0 aliphatic carbocycles. The van der Waals surface area contributed by atoms with Crippen LogP contribution >= 0.6 is 0 Å². The van der Waals surface area contributed by atoms with E-state index in [0.29, 0.717) is 11.1 Å². The van der Waals surface area contributed by atoms with Gasteiger partial charge in [-0.2, -0.15) is 0 Å². The van der Waals surface area contributed by atoms with Crippen LogP contribution in [0.5, 0.6) is 51.7 Å². The van der Waals surface area contributed by atoms with Crippen LogP contribution in [0.2, 0.25) is 0 Å². The van der Waals surface area contributed by atoms with Gasteiger partial charge in [0.05, 0.1) is 6.10 Å². The van der Waals surface area contributed by atoms with E-state index in [2.05, 4.69) is 0 Å². The molecule has 0 spiro atoms. The van der Waals surface area contributed by atoms with Crippen molar-refractivity contribution in [2.45, 2.75) is 36.8 Å². The zero-order chi connectivity index (χ0) is 29.2. The van der Waals surface area contributed by atoms with E-state index in [-0.39, 0.29) is 57.6 Å². The third-order valence-electron chi connectivity index (χ3n) is 7.59. The van der Waals surface area contributed by atoms with E-state index in [1.807, 2.05) is 0 Å². The minimum Gasteiger partial charge on any atom is -0.508 e. The Morgan fingerprint density at radius 2 is 1.22 bits per heavy atom. The smallest absolute Gasteiger partial charge is 0.157 e. The molecule has 11 heteroatoms. The van der Waals surface area contributed by atoms with Crippen molar-refractivity contribution in [2.75, 3.05) is 0 Å². The van der Waals surface area contributed by atoms with Crippen molar-refractivity contribution in [3.8, 4) is 51.7 Å². The van der Waals surface area contributed by atoms with Crippen LogP contribution in [0, 0.1) is 0 Å². The quantitative estimate of drug-likeness (QED) is 0.166. The summed E-state index contributed by atoms with van der Waals surface area (Å²) in [4.78, 5) is 0. The topological polar surface area (TPSA) is 201 Å². The van der Waals surface area contributed by atoms with Gasteiger partial charge < -0.3 is 55.4 Å². The fourth-order valence-corrected chi connectivity index (χ4v) is 5.61. The molecule has 5 atom stereocenters. The lowest BCUT2D eigenvalue weighted by molar-refractivity contribution is 0.00186. The SMILES string of the molecule is Oc1ccc2c(c1)OC(c1ccc(O)c(O)c1)C(O)C2c1c(O)cc(O)c2c1OC(c1ccc(O)c(O)c1)C(O)C2. The lowest BCUT2D eigenvalue weighted by atomic mass is 9.78. The normalized spacial score (nSPS) is 23.1. The summed E-state index contributed by atoms with van der Waals surface area (Å²) < 4.78 is 12.2. The van der Waals surface area contributed by atoms with Crippen LogP contribution < -0.4 is 9.47 Å². The summed E-state index contributed by atoms with van der Waals surface area (Å²) in [7, 11) is 0. The van der Waals surface area contributed by atoms with Crippen molar-refractivity contribution < 1.29 is 55.4 Å². The summed E-state index contributed by atoms with van der Waals surface area (Å²) in [5.74, 6) is -3.45. The summed E-state index contributed by atoms with van der Waals surface area (Å²) in [6, 6.07) is 13.1. The predicted octanol–water partition coefficient (Wildman–Crippen LogP) is 3.29. The second-order valence-electron chi connectivity index (χ2n) is 10.2. The monoisotopic (exact) mass is 562 g/mol. The molecule has 0 saturated heterocycles. The molecular weight excluding hydrogens is 536 g/mol. The molecule has 6 rings (SSSR count). The molecule has 4 aromatic rings. The van der Waals surface area contributed by atoms with E-state index in [4.69, 9.17) is 9.47 Å². The number of ether oxygens (including phenoxy) is 2. The van der Waals surface area contributed by atoms with Crippen LogP contribution in [0.4, 0.5) is 0 Å². The Kier molecular flexibility index (Phi) is 6.13. The zero-order valence-electron chi connectivity index (χ0n) is 21.2. The predicted molar refractivity (Wildman–Crippen MR) is 142 cm³/mol. The van der Waals surface area contributed by atoms with Gasteiger partial charge in [-0.3, -0.25) is 0 Å². The molecule has 2 aliphatic rings. The standard InChI is InChI=1S/C30H26O11/c31-14-3-4-15-24(9-14)40-29(13-2-6-18(33)21(36)8-13)27(39)25(15)26-22(37)11-19(34)16-10-23(38)28(41-30(16)26)12-1-5-17(32)20(35)7-12/h1-9,11,23,25,27-29,31-39H,10H2. The Morgan fingerprint density at radius 1 is 0.585 bits per heavy atom. The Hall–Kier alpha value is -5.00. The summed E-state index contributed by atoms with van der Waals surface area (Å²) in [6.45, 7) is 0. The largest absolute Gasteiger partial charge is 0.508 e. The van der Waals surface area contributed by atoms with Crippen molar-refractivity contribution in [1.82, 2.24) is 0 Å². The molecule has 0 saturated carbocycles. The highest BCUT2D eigenvalue weighted by atomic mass is 16.5. The van der Waals surface area contributed by atoms with Crippen LogP contribution in [-0.4, -0.2) is 58.2 Å². The minimum absolute atomic E-state index is 0.0114. The van der Waals surface area contributed by atoms with Crippen LogP contribution in [0.3, 0.4) is 0 Å². The van der Waals surface area contributed by atoms with Crippen LogP contribution in [0.1, 0.15) is 45.9 Å². The van der Waals surface area contributed by atoms with Gasteiger partial charge in [-0.15, -0.1) is 0 Å². The summed E-state index contributed by atoms with van der Waals surface area (Å²) >= 11 is 0. The number of hydrogen-bond donors (Lipinski definition) is 9. The van der Waals surface area contributed by atoms with Gasteiger partial charge in [-0.1, -0.05) is 18.2 Å². The number of aromatic hydroxyl groups is 7. The van der Waals surface area contributed by atoms with Crippen molar-refractivity contribution in [1.29, 1.82) is 0 Å². The highest BCUT2D eigenvalue weighted by Gasteiger charge is 2.44. The maximum atomic E-state index is 11.7. The van der Waals surface area contributed by atoms with Gasteiger partial charge >= 0.3 is 0 Å². The summed E-state index contributed by atoms with van der Waals surface area (Å²) in [6.07, 6.45) is -4.97. The van der Waals surface area contributed by atoms with E-state index >= 15 is 0 Å². The fraction of sp³-hybridized carbons (Fsp3) is 0.200. The lowest BCUT2D eigenvalue weighted by Gasteiger charge is -2.40. The van der Waals surface area contributed by atoms with Gasteiger partial charge in [0.15, 0.2) is 29.1 Å². The van der Waals surface area contributed by atoms with Gasteiger partial charge in [0.25, 0.3) is 0 Å². The summed E-state index contributed by atoms with van der Waals surface area (Å²) in [5.41, 5.74) is 1.19. The molecule has 4 aromatic carbocycles. The molecule has 212 valence electrons. The molecule has 0 aromatic heterocycles. The highest BCUT2D eigenvalue weighted by Crippen LogP contribution is 2.55. The average molecular weight is 563 g/mol. The van der Waals surface area contributed by atoms with E-state index in [1.165, 1.54) is 54.6 Å². The van der Waals surface area contributed by atoms with Crippen molar-refractivity contribution in [2.24, 2.45) is 0 Å². The van der Waals surface area contributed by atoms with Gasteiger partial charge in [-0.25, -0.2) is 0 Å². The molecule has 5 unspecified atom stereocenters. The lowest BCUT2D eigenvalue weighted by Crippen LogP contribution is -2.36. The summed E-state index contributed by atoms with van der Waals surface area (Å²) in [5, 5.41) is 94.4. The Bertz CT molecular complexity index is 1670. The Morgan fingerprint density at radius 3 is 1.85 bits per heavy atom. The molecule has 41 heavy (non-hydrogen) atoms. The maximum absolute atomic E-state index is 11.7. The first-order valence-corrected chi connectivity index (χ1v) is 12.7. The zero-order valence-corrected chi connectivity index (χ0v) is 21.2. The van der Waals surface area contributed by atoms with E-state index in [0.717, 1.165) is 6.07 Å². The first kappa shape index (κ1) is 26.2. The van der Waals surface area contributed by atoms with Crippen molar-refractivity contribution in [3.63, 3.8) is 0 Å². The molecule has 2 aliphatic heterocycles. The number of benzene rings is 4. The first-order valence-electron chi connectivity index (χ1n) is 12.7. The molecule has 0 radical (unpaired) electrons. The first-order chi connectivity index (χ1) is 19.5. The Labute approximate surface area is 232 Å². The molecule has 0 amide bonds. The van der Waals surface area contributed by atoms with Gasteiger partial charge in [0.2, 0.25) is 0 Å². The van der Waals surface area contributed by atoms with Gasteiger partial charge in [0.1, 0.15) is 41.0 Å². The molecule has 0 bridgehead atoms. The fourth-order valence-electron chi connectivity index (χ4n) is 5.61. The third-order valence-corrected chi connectivity index (χ3v) is 7.59. The number of phenolic OH excluding ortho intramolecular Hbond substituents is 7. The number of rotatable bonds is 3. The maximum Gasteiger partial charge on any atom is 0.157 e. The van der Waals surface area contributed by atoms with E-state index in [9.17, 15) is 46.0 Å². The minimum atomic E-state index is -1.43. The van der Waals surface area contributed by atoms with Crippen molar-refractivity contribution >= 4 is 0 Å². The van der Waals surface area contributed by atoms with Crippen LogP contribution in [0.15, 0.2) is 60.7 Å². The number of phenols is 7. The van der Waals surface area contributed by atoms with Gasteiger partial charge in [0, 0.05) is 41.2 Å². The highest BCUT2D eigenvalue weighted by molar-refractivity contribution is 5.63. The molecule has 2 heterocycles.